The molecule has 1 aromatic rings. The predicted octanol–water partition coefficient (Wildman–Crippen LogP) is 3.55. The summed E-state index contributed by atoms with van der Waals surface area (Å²) in [6.45, 7) is 0.533. The molecule has 18 heavy (non-hydrogen) atoms. The van der Waals surface area contributed by atoms with Crippen molar-refractivity contribution in [2.45, 2.75) is 6.42 Å². The average molecular weight is 291 g/mol. The Hall–Kier alpha value is -1.01. The van der Waals surface area contributed by atoms with Crippen molar-refractivity contribution in [3.05, 3.63) is 33.1 Å². The van der Waals surface area contributed by atoms with Crippen LogP contribution in [0.4, 0.5) is 15.8 Å². The number of rotatable bonds is 4. The normalized spacial score (nSPS) is 18.9. The van der Waals surface area contributed by atoms with Crippen molar-refractivity contribution in [2.24, 2.45) is 5.92 Å². The summed E-state index contributed by atoms with van der Waals surface area (Å²) in [5.74, 6) is 1.76. The van der Waals surface area contributed by atoms with Crippen molar-refractivity contribution in [3.8, 4) is 0 Å². The summed E-state index contributed by atoms with van der Waals surface area (Å²) < 4.78 is 13.8. The van der Waals surface area contributed by atoms with Crippen LogP contribution in [-0.4, -0.2) is 23.0 Å². The molecule has 4 nitrogen and oxygen atoms in total. The molecule has 1 unspecified atom stereocenters. The quantitative estimate of drug-likeness (QED) is 0.680. The highest BCUT2D eigenvalue weighted by Crippen LogP contribution is 2.33. The molecule has 98 valence electrons. The van der Waals surface area contributed by atoms with Crippen molar-refractivity contribution in [2.75, 3.05) is 23.4 Å². The summed E-state index contributed by atoms with van der Waals surface area (Å²) in [4.78, 5) is 10.2. The molecule has 7 heteroatoms. The van der Waals surface area contributed by atoms with E-state index in [9.17, 15) is 14.5 Å². The molecule has 1 aliphatic heterocycles. The summed E-state index contributed by atoms with van der Waals surface area (Å²) >= 11 is 7.49. The minimum atomic E-state index is -0.753. The highest BCUT2D eigenvalue weighted by molar-refractivity contribution is 7.99. The fourth-order valence-corrected chi connectivity index (χ4v) is 3.29. The summed E-state index contributed by atoms with van der Waals surface area (Å²) in [7, 11) is 0. The molecule has 1 aromatic carbocycles. The van der Waals surface area contributed by atoms with Crippen LogP contribution >= 0.6 is 23.4 Å². The molecular formula is C11H12ClFN2O2S. The van der Waals surface area contributed by atoms with Crippen LogP contribution in [0.25, 0.3) is 0 Å². The molecule has 0 radical (unpaired) electrons. The third-order valence-corrected chi connectivity index (χ3v) is 4.38. The Morgan fingerprint density at radius 1 is 1.61 bits per heavy atom. The van der Waals surface area contributed by atoms with Crippen molar-refractivity contribution >= 4 is 34.7 Å². The Bertz CT molecular complexity index is 467. The zero-order valence-corrected chi connectivity index (χ0v) is 11.1. The molecule has 0 aliphatic carbocycles. The summed E-state index contributed by atoms with van der Waals surface area (Å²) in [6, 6.07) is 2.42. The number of benzene rings is 1. The van der Waals surface area contributed by atoms with Gasteiger partial charge in [0.15, 0.2) is 11.5 Å². The van der Waals surface area contributed by atoms with Crippen LogP contribution in [0.3, 0.4) is 0 Å². The van der Waals surface area contributed by atoms with Gasteiger partial charge in [-0.05, 0) is 29.9 Å². The number of nitro groups is 1. The van der Waals surface area contributed by atoms with E-state index in [4.69, 9.17) is 11.6 Å². The predicted molar refractivity (Wildman–Crippen MR) is 72.0 cm³/mol. The average Bonchev–Trinajstić information content (AvgIpc) is 2.83. The Labute approximate surface area is 113 Å². The number of anilines is 1. The van der Waals surface area contributed by atoms with E-state index in [2.05, 4.69) is 5.32 Å². The second-order valence-electron chi connectivity index (χ2n) is 4.12. The number of hydrogen-bond donors (Lipinski definition) is 1. The zero-order valence-electron chi connectivity index (χ0n) is 9.49. The zero-order chi connectivity index (χ0) is 13.1. The van der Waals surface area contributed by atoms with Gasteiger partial charge in [0.2, 0.25) is 0 Å². The summed E-state index contributed by atoms with van der Waals surface area (Å²) in [6.07, 6.45) is 1.05. The molecule has 0 amide bonds. The van der Waals surface area contributed by atoms with Crippen LogP contribution in [-0.2, 0) is 0 Å². The Morgan fingerprint density at radius 2 is 2.39 bits per heavy atom. The van der Waals surface area contributed by atoms with E-state index in [-0.39, 0.29) is 16.4 Å². The summed E-state index contributed by atoms with van der Waals surface area (Å²) in [5.41, 5.74) is -0.382. The molecule has 0 aromatic heterocycles. The van der Waals surface area contributed by atoms with E-state index in [0.717, 1.165) is 17.9 Å². The number of nitro benzene ring substituents is 1. The Balaban J connectivity index is 2.18. The van der Waals surface area contributed by atoms with Crippen molar-refractivity contribution in [3.63, 3.8) is 0 Å². The van der Waals surface area contributed by atoms with Crippen LogP contribution in [0.1, 0.15) is 6.42 Å². The van der Waals surface area contributed by atoms with Crippen LogP contribution in [0.2, 0.25) is 5.02 Å². The van der Waals surface area contributed by atoms with Crippen LogP contribution in [0.15, 0.2) is 12.1 Å². The third-order valence-electron chi connectivity index (χ3n) is 2.86. The fourth-order valence-electron chi connectivity index (χ4n) is 1.85. The number of thioether (sulfide) groups is 1. The maximum absolute atomic E-state index is 13.8. The molecule has 0 spiro atoms. The van der Waals surface area contributed by atoms with Gasteiger partial charge in [0, 0.05) is 12.6 Å². The number of nitrogens with one attached hydrogen (secondary N) is 1. The molecule has 1 aliphatic rings. The van der Waals surface area contributed by atoms with Gasteiger partial charge in [-0.1, -0.05) is 11.6 Å². The molecular weight excluding hydrogens is 279 g/mol. The van der Waals surface area contributed by atoms with E-state index in [1.54, 1.807) is 0 Å². The van der Waals surface area contributed by atoms with Crippen molar-refractivity contribution in [1.82, 2.24) is 0 Å². The lowest BCUT2D eigenvalue weighted by Crippen LogP contribution is -2.15. The first kappa shape index (κ1) is 13.4. The minimum Gasteiger partial charge on any atom is -0.377 e. The van der Waals surface area contributed by atoms with E-state index < -0.39 is 10.7 Å². The van der Waals surface area contributed by atoms with Gasteiger partial charge < -0.3 is 5.32 Å². The molecule has 1 saturated heterocycles. The first-order valence-electron chi connectivity index (χ1n) is 5.53. The lowest BCUT2D eigenvalue weighted by molar-refractivity contribution is -0.384. The smallest absolute Gasteiger partial charge is 0.295 e. The Morgan fingerprint density at radius 3 is 3.00 bits per heavy atom. The first-order valence-corrected chi connectivity index (χ1v) is 7.07. The Kier molecular flexibility index (Phi) is 4.29. The van der Waals surface area contributed by atoms with Crippen LogP contribution < -0.4 is 5.32 Å². The highest BCUT2D eigenvalue weighted by atomic mass is 35.5. The lowest BCUT2D eigenvalue weighted by atomic mass is 10.1. The standard InChI is InChI=1S/C11H12ClFN2O2S/c12-8-1-2-9(15(16)17)11(10(8)13)14-5-7-3-4-18-6-7/h1-2,7,14H,3-6H2. The van der Waals surface area contributed by atoms with E-state index in [1.165, 1.54) is 12.1 Å². The largest absolute Gasteiger partial charge is 0.377 e. The fraction of sp³-hybridized carbons (Fsp3) is 0.455. The van der Waals surface area contributed by atoms with E-state index >= 15 is 0 Å². The maximum Gasteiger partial charge on any atom is 0.295 e. The molecule has 1 heterocycles. The molecule has 0 bridgehead atoms. The van der Waals surface area contributed by atoms with Crippen LogP contribution in [0, 0.1) is 21.8 Å². The van der Waals surface area contributed by atoms with Gasteiger partial charge in [-0.2, -0.15) is 11.8 Å². The topological polar surface area (TPSA) is 55.2 Å². The minimum absolute atomic E-state index is 0.107. The highest BCUT2D eigenvalue weighted by Gasteiger charge is 2.22. The second-order valence-corrected chi connectivity index (χ2v) is 5.68. The summed E-state index contributed by atoms with van der Waals surface area (Å²) in [5, 5.41) is 13.6. The molecule has 1 fully saturated rings. The molecule has 2 rings (SSSR count). The van der Waals surface area contributed by atoms with Gasteiger partial charge in [-0.15, -0.1) is 0 Å². The van der Waals surface area contributed by atoms with Gasteiger partial charge in [0.05, 0.1) is 9.95 Å². The number of nitrogens with zero attached hydrogens (tertiary/aromatic N) is 1. The lowest BCUT2D eigenvalue weighted by Gasteiger charge is -2.12. The SMILES string of the molecule is O=[N+]([O-])c1ccc(Cl)c(F)c1NCC1CCSC1. The third kappa shape index (κ3) is 2.87. The van der Waals surface area contributed by atoms with Gasteiger partial charge in [0.25, 0.3) is 5.69 Å². The van der Waals surface area contributed by atoms with Gasteiger partial charge >= 0.3 is 0 Å². The monoisotopic (exact) mass is 290 g/mol. The molecule has 0 saturated carbocycles. The van der Waals surface area contributed by atoms with Crippen molar-refractivity contribution < 1.29 is 9.31 Å². The van der Waals surface area contributed by atoms with Gasteiger partial charge in [-0.3, -0.25) is 10.1 Å². The second kappa shape index (κ2) is 5.75. The first-order chi connectivity index (χ1) is 8.59. The molecule has 1 N–H and O–H groups in total. The molecule has 1 atom stereocenters. The van der Waals surface area contributed by atoms with Gasteiger partial charge in [-0.25, -0.2) is 4.39 Å². The van der Waals surface area contributed by atoms with Gasteiger partial charge in [0.1, 0.15) is 0 Å². The number of hydrogen-bond acceptors (Lipinski definition) is 4. The van der Waals surface area contributed by atoms with E-state index in [1.807, 2.05) is 11.8 Å². The number of halogens is 2. The maximum atomic E-state index is 13.8. The van der Waals surface area contributed by atoms with E-state index in [0.29, 0.717) is 12.5 Å². The van der Waals surface area contributed by atoms with Crippen LogP contribution in [0.5, 0.6) is 0 Å². The van der Waals surface area contributed by atoms with Crippen molar-refractivity contribution in [1.29, 1.82) is 0 Å².